The maximum absolute atomic E-state index is 12.9. The summed E-state index contributed by atoms with van der Waals surface area (Å²) in [7, 11) is 0. The maximum Gasteiger partial charge on any atom is 0.236 e. The lowest BCUT2D eigenvalue weighted by Crippen LogP contribution is -2.44. The first kappa shape index (κ1) is 17.6. The van der Waals surface area contributed by atoms with Gasteiger partial charge in [0.15, 0.2) is 0 Å². The van der Waals surface area contributed by atoms with Crippen molar-refractivity contribution in [1.29, 1.82) is 0 Å². The van der Waals surface area contributed by atoms with Crippen LogP contribution in [0.25, 0.3) is 12.2 Å². The third-order valence-corrected chi connectivity index (χ3v) is 4.69. The molecule has 1 fully saturated rings. The number of aromatic nitrogens is 3. The molecule has 0 saturated carbocycles. The number of H-pyrrole nitrogens is 1. The minimum absolute atomic E-state index is 0.0708. The fourth-order valence-corrected chi connectivity index (χ4v) is 3.20. The summed E-state index contributed by atoms with van der Waals surface area (Å²) in [6, 6.07) is 6.17. The molecular weight excluding hydrogens is 343 g/mol. The monoisotopic (exact) mass is 362 g/mol. The van der Waals surface area contributed by atoms with Crippen LogP contribution in [0.3, 0.4) is 0 Å². The Morgan fingerprint density at radius 3 is 2.76 bits per heavy atom. The molecule has 1 aliphatic rings. The van der Waals surface area contributed by atoms with Crippen LogP contribution in [-0.4, -0.2) is 57.5 Å². The summed E-state index contributed by atoms with van der Waals surface area (Å²) >= 11 is 1.32. The highest BCUT2D eigenvalue weighted by Crippen LogP contribution is 2.21. The summed E-state index contributed by atoms with van der Waals surface area (Å²) in [5.41, 5.74) is 0.864. The second-order valence-electron chi connectivity index (χ2n) is 5.59. The molecule has 8 heteroatoms. The van der Waals surface area contributed by atoms with Gasteiger partial charge in [-0.1, -0.05) is 30.0 Å². The van der Waals surface area contributed by atoms with Gasteiger partial charge < -0.3 is 9.64 Å². The fourth-order valence-electron chi connectivity index (χ4n) is 2.38. The average Bonchev–Trinajstić information content (AvgIpc) is 3.08. The van der Waals surface area contributed by atoms with Gasteiger partial charge in [-0.3, -0.25) is 9.89 Å². The summed E-state index contributed by atoms with van der Waals surface area (Å²) in [6.07, 6.45) is 3.58. The number of nitrogens with one attached hydrogen (secondary N) is 1. The van der Waals surface area contributed by atoms with E-state index in [1.54, 1.807) is 18.2 Å². The highest BCUT2D eigenvalue weighted by molar-refractivity contribution is 8.00. The number of carbonyl (C=O) groups excluding carboxylic acids is 1. The number of hydrogen-bond donors (Lipinski definition) is 1. The van der Waals surface area contributed by atoms with Crippen LogP contribution < -0.4 is 0 Å². The average molecular weight is 362 g/mol. The summed E-state index contributed by atoms with van der Waals surface area (Å²) in [4.78, 5) is 18.5. The van der Waals surface area contributed by atoms with E-state index in [9.17, 15) is 9.18 Å². The third-order valence-electron chi connectivity index (χ3n) is 3.74. The smallest absolute Gasteiger partial charge is 0.236 e. The number of aromatic amines is 1. The van der Waals surface area contributed by atoms with Crippen LogP contribution in [0.15, 0.2) is 29.4 Å². The summed E-state index contributed by atoms with van der Waals surface area (Å²) in [5.74, 6) is 0.383. The van der Waals surface area contributed by atoms with Gasteiger partial charge >= 0.3 is 0 Å². The molecule has 3 rings (SSSR count). The standard InChI is InChI=1S/C17H19FN4O2S/c1-12(16(23)22-8-10-24-11-9-22)25-17-19-15(20-21-17)7-4-13-2-5-14(18)6-3-13/h2-7,12H,8-11H2,1H3,(H,19,20,21). The normalized spacial score (nSPS) is 16.3. The van der Waals surface area contributed by atoms with E-state index in [0.717, 1.165) is 5.56 Å². The lowest BCUT2D eigenvalue weighted by molar-refractivity contribution is -0.134. The molecule has 0 spiro atoms. The number of thioether (sulfide) groups is 1. The van der Waals surface area contributed by atoms with Crippen molar-refractivity contribution in [3.8, 4) is 0 Å². The molecule has 1 saturated heterocycles. The van der Waals surface area contributed by atoms with E-state index in [-0.39, 0.29) is 17.0 Å². The Labute approximate surface area is 149 Å². The molecule has 25 heavy (non-hydrogen) atoms. The molecule has 1 aromatic heterocycles. The first-order chi connectivity index (χ1) is 12.1. The molecule has 2 heterocycles. The van der Waals surface area contributed by atoms with Gasteiger partial charge in [-0.15, -0.1) is 5.10 Å². The topological polar surface area (TPSA) is 71.1 Å². The zero-order valence-corrected chi connectivity index (χ0v) is 14.6. The Balaban J connectivity index is 1.57. The Bertz CT molecular complexity index is 741. The lowest BCUT2D eigenvalue weighted by Gasteiger charge is -2.28. The number of ether oxygens (including phenoxy) is 1. The van der Waals surface area contributed by atoms with Crippen molar-refractivity contribution in [3.05, 3.63) is 41.5 Å². The van der Waals surface area contributed by atoms with Crippen LogP contribution in [0.2, 0.25) is 0 Å². The van der Waals surface area contributed by atoms with Gasteiger partial charge in [0.2, 0.25) is 11.1 Å². The fraction of sp³-hybridized carbons (Fsp3) is 0.353. The van der Waals surface area contributed by atoms with E-state index in [4.69, 9.17) is 4.74 Å². The van der Waals surface area contributed by atoms with E-state index in [2.05, 4.69) is 15.2 Å². The number of nitrogens with zero attached hydrogens (tertiary/aromatic N) is 3. The second-order valence-corrected chi connectivity index (χ2v) is 6.89. The van der Waals surface area contributed by atoms with Crippen LogP contribution in [0.1, 0.15) is 18.3 Å². The summed E-state index contributed by atoms with van der Waals surface area (Å²) in [5, 5.41) is 7.21. The molecule has 1 unspecified atom stereocenters. The van der Waals surface area contributed by atoms with E-state index in [0.29, 0.717) is 37.3 Å². The van der Waals surface area contributed by atoms with E-state index in [1.165, 1.54) is 23.9 Å². The molecule has 1 N–H and O–H groups in total. The molecule has 1 atom stereocenters. The van der Waals surface area contributed by atoms with Crippen molar-refractivity contribution in [2.45, 2.75) is 17.3 Å². The Morgan fingerprint density at radius 1 is 1.32 bits per heavy atom. The predicted octanol–water partition coefficient (Wildman–Crippen LogP) is 2.45. The van der Waals surface area contributed by atoms with Crippen LogP contribution in [0.5, 0.6) is 0 Å². The first-order valence-electron chi connectivity index (χ1n) is 8.01. The zero-order chi connectivity index (χ0) is 17.6. The van der Waals surface area contributed by atoms with Gasteiger partial charge in [-0.05, 0) is 30.7 Å². The van der Waals surface area contributed by atoms with Crippen molar-refractivity contribution >= 4 is 29.8 Å². The molecule has 0 aliphatic carbocycles. The van der Waals surface area contributed by atoms with Gasteiger partial charge in [0.25, 0.3) is 0 Å². The molecule has 2 aromatic rings. The quantitative estimate of drug-likeness (QED) is 0.828. The lowest BCUT2D eigenvalue weighted by atomic mass is 10.2. The largest absolute Gasteiger partial charge is 0.378 e. The number of rotatable bonds is 5. The van der Waals surface area contributed by atoms with Crippen molar-refractivity contribution in [3.63, 3.8) is 0 Å². The van der Waals surface area contributed by atoms with Crippen molar-refractivity contribution < 1.29 is 13.9 Å². The number of benzene rings is 1. The molecule has 0 radical (unpaired) electrons. The van der Waals surface area contributed by atoms with Crippen molar-refractivity contribution in [1.82, 2.24) is 20.1 Å². The maximum atomic E-state index is 12.9. The molecule has 1 aromatic carbocycles. The van der Waals surface area contributed by atoms with Gasteiger partial charge in [0.05, 0.1) is 18.5 Å². The van der Waals surface area contributed by atoms with E-state index in [1.807, 2.05) is 17.9 Å². The number of halogens is 1. The highest BCUT2D eigenvalue weighted by Gasteiger charge is 2.24. The highest BCUT2D eigenvalue weighted by atomic mass is 32.2. The van der Waals surface area contributed by atoms with Gasteiger partial charge in [0, 0.05) is 13.1 Å². The summed E-state index contributed by atoms with van der Waals surface area (Å²) < 4.78 is 18.1. The number of amides is 1. The minimum Gasteiger partial charge on any atom is -0.378 e. The minimum atomic E-state index is -0.269. The SMILES string of the molecule is CC(Sc1n[nH]c(C=Cc2ccc(F)cc2)n1)C(=O)N1CCOCC1. The Morgan fingerprint density at radius 2 is 2.04 bits per heavy atom. The van der Waals surface area contributed by atoms with Crippen LogP contribution in [0.4, 0.5) is 4.39 Å². The van der Waals surface area contributed by atoms with Crippen LogP contribution >= 0.6 is 11.8 Å². The summed E-state index contributed by atoms with van der Waals surface area (Å²) in [6.45, 7) is 4.28. The Kier molecular flexibility index (Phi) is 5.83. The van der Waals surface area contributed by atoms with E-state index >= 15 is 0 Å². The van der Waals surface area contributed by atoms with Gasteiger partial charge in [0.1, 0.15) is 11.6 Å². The molecular formula is C17H19FN4O2S. The third kappa shape index (κ3) is 4.90. The molecule has 132 valence electrons. The molecule has 1 aliphatic heterocycles. The first-order valence-corrected chi connectivity index (χ1v) is 8.89. The zero-order valence-electron chi connectivity index (χ0n) is 13.8. The number of carbonyl (C=O) groups is 1. The second kappa shape index (κ2) is 8.26. The predicted molar refractivity (Wildman–Crippen MR) is 94.4 cm³/mol. The number of morpholine rings is 1. The number of hydrogen-bond acceptors (Lipinski definition) is 5. The van der Waals surface area contributed by atoms with Gasteiger partial charge in [-0.25, -0.2) is 9.37 Å². The Hall–Kier alpha value is -2.19. The molecule has 1 amide bonds. The van der Waals surface area contributed by atoms with E-state index < -0.39 is 0 Å². The molecule has 0 bridgehead atoms. The van der Waals surface area contributed by atoms with Crippen LogP contribution in [0, 0.1) is 5.82 Å². The molecule has 6 nitrogen and oxygen atoms in total. The van der Waals surface area contributed by atoms with Crippen molar-refractivity contribution in [2.75, 3.05) is 26.3 Å². The van der Waals surface area contributed by atoms with Gasteiger partial charge in [-0.2, -0.15) is 0 Å². The van der Waals surface area contributed by atoms with Crippen LogP contribution in [-0.2, 0) is 9.53 Å². The van der Waals surface area contributed by atoms with Crippen molar-refractivity contribution in [2.24, 2.45) is 0 Å².